The first-order valence-electron chi connectivity index (χ1n) is 5.64. The number of hydrogen-bond acceptors (Lipinski definition) is 2. The Labute approximate surface area is 142 Å². The first-order valence-corrected chi connectivity index (χ1v) is 7.15. The summed E-state index contributed by atoms with van der Waals surface area (Å²) in [4.78, 5) is 20.6. The van der Waals surface area contributed by atoms with Crippen LogP contribution in [0.2, 0.25) is 15.1 Å². The van der Waals surface area contributed by atoms with E-state index in [1.165, 1.54) is 12.1 Å². The van der Waals surface area contributed by atoms with Crippen LogP contribution in [0.1, 0.15) is 23.2 Å². The Balaban J connectivity index is 0.000000400. The number of unbranched alkanes of at least 4 members (excludes halogenated alkanes) is 1. The van der Waals surface area contributed by atoms with Gasteiger partial charge in [-0.15, -0.1) is 6.58 Å². The molecule has 0 aliphatic carbocycles. The van der Waals surface area contributed by atoms with Crippen LogP contribution >= 0.6 is 46.4 Å². The monoisotopic (exact) mass is 368 g/mol. The molecule has 1 aromatic rings. The largest absolute Gasteiger partial charge is 0.478 e. The number of rotatable bonds is 5. The molecule has 0 saturated carbocycles. The van der Waals surface area contributed by atoms with Gasteiger partial charge >= 0.3 is 5.97 Å². The van der Waals surface area contributed by atoms with E-state index in [-0.39, 0.29) is 15.6 Å². The lowest BCUT2D eigenvalue weighted by Crippen LogP contribution is -1.91. The van der Waals surface area contributed by atoms with E-state index in [0.717, 1.165) is 18.9 Å². The van der Waals surface area contributed by atoms with Gasteiger partial charge in [-0.05, 0) is 36.6 Å². The van der Waals surface area contributed by atoms with Crippen LogP contribution in [0.4, 0.5) is 0 Å². The zero-order valence-electron chi connectivity index (χ0n) is 10.8. The molecule has 1 rings (SSSR count). The van der Waals surface area contributed by atoms with E-state index in [0.29, 0.717) is 5.02 Å². The molecule has 114 valence electrons. The smallest absolute Gasteiger partial charge is 0.327 e. The molecule has 1 N–H and O–H groups in total. The van der Waals surface area contributed by atoms with Crippen LogP contribution in [-0.2, 0) is 4.79 Å². The third-order valence-electron chi connectivity index (χ3n) is 2.00. The molecule has 0 unspecified atom stereocenters. The van der Waals surface area contributed by atoms with Crippen LogP contribution in [0.15, 0.2) is 36.9 Å². The maximum atomic E-state index is 10.8. The predicted molar refractivity (Wildman–Crippen MR) is 87.9 cm³/mol. The second-order valence-corrected chi connectivity index (χ2v) is 5.22. The summed E-state index contributed by atoms with van der Waals surface area (Å²) in [5.41, 5.74) is 0.0874. The lowest BCUT2D eigenvalue weighted by molar-refractivity contribution is -0.131. The van der Waals surface area contributed by atoms with Crippen LogP contribution < -0.4 is 0 Å². The molecule has 0 spiro atoms. The zero-order valence-corrected chi connectivity index (χ0v) is 13.8. The summed E-state index contributed by atoms with van der Waals surface area (Å²) in [6.45, 7) is 3.50. The molecule has 0 aliphatic rings. The number of allylic oxidation sites excluding steroid dienone is 2. The number of carbonyl (C=O) groups is 2. The van der Waals surface area contributed by atoms with Gasteiger partial charge in [0, 0.05) is 11.1 Å². The van der Waals surface area contributed by atoms with E-state index in [9.17, 15) is 9.59 Å². The highest BCUT2D eigenvalue weighted by Crippen LogP contribution is 2.29. The molecule has 0 saturated heterocycles. The van der Waals surface area contributed by atoms with Crippen LogP contribution in [0.5, 0.6) is 0 Å². The van der Waals surface area contributed by atoms with Gasteiger partial charge in [-0.3, -0.25) is 4.79 Å². The van der Waals surface area contributed by atoms with Crippen molar-refractivity contribution in [3.63, 3.8) is 0 Å². The average molecular weight is 370 g/mol. The normalized spacial score (nSPS) is 9.90. The summed E-state index contributed by atoms with van der Waals surface area (Å²) in [6.07, 6.45) is 6.11. The van der Waals surface area contributed by atoms with Gasteiger partial charge in [-0.1, -0.05) is 47.0 Å². The quantitative estimate of drug-likeness (QED) is 0.317. The van der Waals surface area contributed by atoms with Gasteiger partial charge in [0.05, 0.1) is 15.6 Å². The molecule has 21 heavy (non-hydrogen) atoms. The Morgan fingerprint density at radius 2 is 1.67 bits per heavy atom. The maximum absolute atomic E-state index is 10.8. The van der Waals surface area contributed by atoms with Gasteiger partial charge in [0.15, 0.2) is 0 Å². The van der Waals surface area contributed by atoms with Crippen molar-refractivity contribution in [3.8, 4) is 0 Å². The molecule has 0 aliphatic heterocycles. The van der Waals surface area contributed by atoms with Crippen molar-refractivity contribution in [1.82, 2.24) is 0 Å². The summed E-state index contributed by atoms with van der Waals surface area (Å²) in [6, 6.07) is 2.81. The van der Waals surface area contributed by atoms with E-state index in [4.69, 9.17) is 51.5 Å². The lowest BCUT2D eigenvalue weighted by atomic mass is 10.2. The summed E-state index contributed by atoms with van der Waals surface area (Å²) in [5, 5.41) is 8.09. The molecule has 1 aromatic carbocycles. The average Bonchev–Trinajstić information content (AvgIpc) is 2.33. The number of hydrogen-bond donors (Lipinski definition) is 1. The molecule has 0 amide bonds. The fourth-order valence-electron chi connectivity index (χ4n) is 1.13. The Hall–Kier alpha value is -1.000. The number of carboxylic acid groups (broad SMARTS) is 1. The van der Waals surface area contributed by atoms with Gasteiger partial charge < -0.3 is 5.11 Å². The van der Waals surface area contributed by atoms with Crippen LogP contribution in [0.25, 0.3) is 0 Å². The van der Waals surface area contributed by atoms with E-state index < -0.39 is 11.2 Å². The summed E-state index contributed by atoms with van der Waals surface area (Å²) in [5.74, 6) is -0.890. The highest BCUT2D eigenvalue weighted by molar-refractivity contribution is 6.70. The van der Waals surface area contributed by atoms with E-state index in [1.54, 1.807) is 12.2 Å². The zero-order chi connectivity index (χ0) is 16.4. The second kappa shape index (κ2) is 10.7. The van der Waals surface area contributed by atoms with Gasteiger partial charge in [0.1, 0.15) is 0 Å². The first-order chi connectivity index (χ1) is 9.79. The summed E-state index contributed by atoms with van der Waals surface area (Å²) >= 11 is 22.1. The van der Waals surface area contributed by atoms with Crippen LogP contribution in [-0.4, -0.2) is 16.3 Å². The molecule has 0 fully saturated rings. The highest BCUT2D eigenvalue weighted by Gasteiger charge is 2.13. The van der Waals surface area contributed by atoms with Crippen molar-refractivity contribution in [2.45, 2.75) is 12.8 Å². The minimum absolute atomic E-state index is 0.0874. The Kier molecular flexibility index (Phi) is 10.2. The number of halogens is 4. The molecule has 0 radical (unpaired) electrons. The molecular weight excluding hydrogens is 358 g/mol. The van der Waals surface area contributed by atoms with Gasteiger partial charge in [-0.25, -0.2) is 4.79 Å². The lowest BCUT2D eigenvalue weighted by Gasteiger charge is -2.01. The molecule has 7 heteroatoms. The van der Waals surface area contributed by atoms with Crippen LogP contribution in [0, 0.1) is 0 Å². The summed E-state index contributed by atoms with van der Waals surface area (Å²) in [7, 11) is 0. The highest BCUT2D eigenvalue weighted by atomic mass is 35.5. The van der Waals surface area contributed by atoms with E-state index in [1.807, 2.05) is 0 Å². The van der Waals surface area contributed by atoms with Crippen molar-refractivity contribution in [2.75, 3.05) is 0 Å². The fraction of sp³-hybridized carbons (Fsp3) is 0.143. The third-order valence-corrected chi connectivity index (χ3v) is 3.00. The van der Waals surface area contributed by atoms with Gasteiger partial charge in [-0.2, -0.15) is 0 Å². The van der Waals surface area contributed by atoms with Gasteiger partial charge in [0.2, 0.25) is 0 Å². The minimum Gasteiger partial charge on any atom is -0.478 e. The Bertz CT molecular complexity index is 530. The minimum atomic E-state index is -0.890. The van der Waals surface area contributed by atoms with Crippen molar-refractivity contribution in [3.05, 3.63) is 57.6 Å². The molecule has 3 nitrogen and oxygen atoms in total. The third kappa shape index (κ3) is 8.79. The number of benzene rings is 1. The van der Waals surface area contributed by atoms with Gasteiger partial charge in [0.25, 0.3) is 5.24 Å². The fourth-order valence-corrected chi connectivity index (χ4v) is 2.42. The molecule has 0 atom stereocenters. The van der Waals surface area contributed by atoms with Crippen molar-refractivity contribution in [2.24, 2.45) is 0 Å². The summed E-state index contributed by atoms with van der Waals surface area (Å²) < 4.78 is 0. The molecular formula is C14H12Cl4O3. The Morgan fingerprint density at radius 1 is 1.14 bits per heavy atom. The molecule has 0 heterocycles. The number of aliphatic carboxylic acids is 1. The molecule has 0 aromatic heterocycles. The first kappa shape index (κ1) is 20.0. The predicted octanol–water partition coefficient (Wildman–Crippen LogP) is 5.62. The van der Waals surface area contributed by atoms with Crippen molar-refractivity contribution in [1.29, 1.82) is 0 Å². The standard InChI is InChI=1S/C7H2Cl4O.C7H10O2/c8-3-1-4(9)6(7(11)12)5(10)2-3;1-2-3-4-5-6-7(8)9/h1-2H;2,5-6H,1,3-4H2,(H,8,9). The van der Waals surface area contributed by atoms with Crippen LogP contribution in [0.3, 0.4) is 0 Å². The maximum Gasteiger partial charge on any atom is 0.327 e. The Morgan fingerprint density at radius 3 is 2.05 bits per heavy atom. The SMILES string of the molecule is C=CCCC=CC(=O)O.O=C(Cl)c1c(Cl)cc(Cl)cc1Cl. The van der Waals surface area contributed by atoms with E-state index in [2.05, 4.69) is 6.58 Å². The number of carboxylic acids is 1. The van der Waals surface area contributed by atoms with Crippen molar-refractivity contribution < 1.29 is 14.7 Å². The van der Waals surface area contributed by atoms with Crippen molar-refractivity contribution >= 4 is 57.6 Å². The van der Waals surface area contributed by atoms with E-state index >= 15 is 0 Å². The molecule has 0 bridgehead atoms. The topological polar surface area (TPSA) is 54.4 Å². The number of carbonyl (C=O) groups excluding carboxylic acids is 1. The second-order valence-electron chi connectivity index (χ2n) is 3.62.